The number of cyclic esters (lactones) is 1. The summed E-state index contributed by atoms with van der Waals surface area (Å²) < 4.78 is 5.07. The largest absolute Gasteiger partial charge is 0.447 e. The van der Waals surface area contributed by atoms with Gasteiger partial charge in [0.25, 0.3) is 0 Å². The number of fused-ring (bicyclic) bond motifs is 1. The number of ether oxygens (including phenoxy) is 1. The molecule has 0 aliphatic carbocycles. The van der Waals surface area contributed by atoms with Crippen molar-refractivity contribution in [3.63, 3.8) is 0 Å². The Morgan fingerprint density at radius 2 is 1.78 bits per heavy atom. The van der Waals surface area contributed by atoms with Crippen LogP contribution in [-0.4, -0.2) is 68.9 Å². The van der Waals surface area contributed by atoms with Crippen LogP contribution >= 0.6 is 11.6 Å². The quantitative estimate of drug-likeness (QED) is 0.343. The maximum atomic E-state index is 13.3. The zero-order chi connectivity index (χ0) is 29.1. The Morgan fingerprint density at radius 1 is 1.05 bits per heavy atom. The van der Waals surface area contributed by atoms with E-state index in [4.69, 9.17) is 21.3 Å². The van der Waals surface area contributed by atoms with E-state index >= 15 is 0 Å². The fraction of sp³-hybridized carbons (Fsp3) is 0.290. The van der Waals surface area contributed by atoms with Crippen molar-refractivity contribution in [1.82, 2.24) is 4.90 Å². The highest BCUT2D eigenvalue weighted by molar-refractivity contribution is 6.31. The summed E-state index contributed by atoms with van der Waals surface area (Å²) in [6, 6.07) is 20.1. The van der Waals surface area contributed by atoms with Crippen LogP contribution < -0.4 is 15.1 Å². The van der Waals surface area contributed by atoms with Crippen LogP contribution in [0.25, 0.3) is 0 Å². The van der Waals surface area contributed by atoms with Gasteiger partial charge < -0.3 is 19.9 Å². The molecular weight excluding hydrogens is 542 g/mol. The lowest BCUT2D eigenvalue weighted by atomic mass is 9.90. The Morgan fingerprint density at radius 3 is 2.41 bits per heavy atom. The van der Waals surface area contributed by atoms with Gasteiger partial charge in [-0.3, -0.25) is 19.5 Å². The molecule has 3 aromatic rings. The first kappa shape index (κ1) is 28.3. The molecule has 2 aliphatic heterocycles. The van der Waals surface area contributed by atoms with E-state index in [1.165, 1.54) is 0 Å². The number of hydrogen-bond acceptors (Lipinski definition) is 6. The van der Waals surface area contributed by atoms with Gasteiger partial charge in [-0.25, -0.2) is 4.79 Å². The first-order chi connectivity index (χ1) is 19.7. The van der Waals surface area contributed by atoms with Gasteiger partial charge in [0.1, 0.15) is 12.5 Å². The van der Waals surface area contributed by atoms with E-state index in [2.05, 4.69) is 10.2 Å². The monoisotopic (exact) mass is 573 g/mol. The molecule has 212 valence electrons. The highest BCUT2D eigenvalue weighted by Gasteiger charge is 2.36. The highest BCUT2D eigenvalue weighted by Crippen LogP contribution is 2.38. The molecule has 0 saturated carbocycles. The normalized spacial score (nSPS) is 16.6. The van der Waals surface area contributed by atoms with E-state index in [-0.39, 0.29) is 17.9 Å². The van der Waals surface area contributed by atoms with Gasteiger partial charge in [-0.15, -0.1) is 0 Å². The molecule has 1 atom stereocenters. The molecule has 2 heterocycles. The zero-order valence-electron chi connectivity index (χ0n) is 23.3. The van der Waals surface area contributed by atoms with Crippen LogP contribution in [-0.2, 0) is 14.3 Å². The highest BCUT2D eigenvalue weighted by atomic mass is 35.5. The van der Waals surface area contributed by atoms with Crippen LogP contribution in [0.15, 0.2) is 71.7 Å². The van der Waals surface area contributed by atoms with E-state index in [0.29, 0.717) is 47.5 Å². The Hall–Kier alpha value is -4.21. The third-order valence-corrected chi connectivity index (χ3v) is 7.37. The van der Waals surface area contributed by atoms with Crippen molar-refractivity contribution in [2.45, 2.75) is 19.3 Å². The summed E-state index contributed by atoms with van der Waals surface area (Å²) in [6.07, 6.45) is 0.469. The summed E-state index contributed by atoms with van der Waals surface area (Å²) in [5.41, 5.74) is 4.87. The van der Waals surface area contributed by atoms with Crippen LogP contribution in [0.3, 0.4) is 0 Å². The number of halogens is 1. The van der Waals surface area contributed by atoms with Gasteiger partial charge in [-0.1, -0.05) is 29.8 Å². The van der Waals surface area contributed by atoms with Gasteiger partial charge in [0, 0.05) is 35.6 Å². The smallest absolute Gasteiger partial charge is 0.414 e. The topological polar surface area (TPSA) is 94.6 Å². The average Bonchev–Trinajstić information content (AvgIpc) is 3.51. The van der Waals surface area contributed by atoms with Crippen molar-refractivity contribution in [2.24, 2.45) is 4.99 Å². The second-order valence-electron chi connectivity index (χ2n) is 10.3. The average molecular weight is 574 g/mol. The van der Waals surface area contributed by atoms with Gasteiger partial charge in [0.05, 0.1) is 17.9 Å². The lowest BCUT2D eigenvalue weighted by Gasteiger charge is -2.22. The summed E-state index contributed by atoms with van der Waals surface area (Å²) >= 11 is 6.19. The Labute approximate surface area is 244 Å². The van der Waals surface area contributed by atoms with Crippen molar-refractivity contribution in [3.05, 3.63) is 82.9 Å². The summed E-state index contributed by atoms with van der Waals surface area (Å²) in [7, 11) is 4.02. The first-order valence-electron chi connectivity index (χ1n) is 13.5. The number of anilines is 3. The number of rotatable bonds is 9. The van der Waals surface area contributed by atoms with Crippen LogP contribution in [0, 0.1) is 0 Å². The lowest BCUT2D eigenvalue weighted by Crippen LogP contribution is -2.31. The fourth-order valence-corrected chi connectivity index (χ4v) is 5.27. The Bertz CT molecular complexity index is 1490. The van der Waals surface area contributed by atoms with Gasteiger partial charge in [0.15, 0.2) is 0 Å². The van der Waals surface area contributed by atoms with Crippen molar-refractivity contribution in [3.8, 4) is 0 Å². The third kappa shape index (κ3) is 6.26. The molecule has 0 spiro atoms. The second-order valence-corrected chi connectivity index (χ2v) is 10.7. The van der Waals surface area contributed by atoms with Crippen LogP contribution in [0.5, 0.6) is 0 Å². The number of nitrogens with zero attached hydrogens (tertiary/aromatic N) is 4. The Kier molecular flexibility index (Phi) is 8.37. The van der Waals surface area contributed by atoms with Crippen molar-refractivity contribution in [2.75, 3.05) is 55.5 Å². The maximum Gasteiger partial charge on any atom is 0.414 e. The predicted molar refractivity (Wildman–Crippen MR) is 162 cm³/mol. The van der Waals surface area contributed by atoms with Gasteiger partial charge >= 0.3 is 6.09 Å². The molecule has 0 radical (unpaired) electrons. The SMILES string of the molecule is CC(=O)N(CCCN(C)C)c1ccc(N=C(c2ccc(N3CCOC3=O)cc2)C2C(=O)Nc3cc(Cl)ccc32)cc1. The molecule has 1 fully saturated rings. The van der Waals surface area contributed by atoms with Gasteiger partial charge in [-0.05, 0) is 86.7 Å². The number of aliphatic imine (C=N–C) groups is 1. The Balaban J connectivity index is 1.50. The van der Waals surface area contributed by atoms with E-state index in [1.54, 1.807) is 28.9 Å². The molecule has 3 amide bonds. The number of nitrogens with one attached hydrogen (secondary N) is 1. The first-order valence-corrected chi connectivity index (χ1v) is 13.9. The van der Waals surface area contributed by atoms with E-state index in [1.807, 2.05) is 68.7 Å². The van der Waals surface area contributed by atoms with Gasteiger partial charge in [-0.2, -0.15) is 0 Å². The zero-order valence-corrected chi connectivity index (χ0v) is 24.0. The van der Waals surface area contributed by atoms with Crippen LogP contribution in [0.2, 0.25) is 5.02 Å². The molecule has 9 nitrogen and oxygen atoms in total. The van der Waals surface area contributed by atoms with Crippen LogP contribution in [0.1, 0.15) is 30.4 Å². The minimum absolute atomic E-state index is 0.0273. The minimum Gasteiger partial charge on any atom is -0.447 e. The lowest BCUT2D eigenvalue weighted by molar-refractivity contribution is -0.117. The van der Waals surface area contributed by atoms with E-state index in [9.17, 15) is 14.4 Å². The van der Waals surface area contributed by atoms with Crippen molar-refractivity contribution >= 4 is 58.0 Å². The molecule has 10 heteroatoms. The molecule has 41 heavy (non-hydrogen) atoms. The van der Waals surface area contributed by atoms with Crippen molar-refractivity contribution < 1.29 is 19.1 Å². The predicted octanol–water partition coefficient (Wildman–Crippen LogP) is 5.46. The summed E-state index contributed by atoms with van der Waals surface area (Å²) in [6.45, 7) is 3.88. The number of hydrogen-bond donors (Lipinski definition) is 1. The summed E-state index contributed by atoms with van der Waals surface area (Å²) in [4.78, 5) is 48.1. The number of carbonyl (C=O) groups is 3. The minimum atomic E-state index is -0.663. The maximum absolute atomic E-state index is 13.3. The summed E-state index contributed by atoms with van der Waals surface area (Å²) in [5, 5.41) is 3.46. The number of carbonyl (C=O) groups excluding carboxylic acids is 3. The molecule has 3 aromatic carbocycles. The molecule has 1 N–H and O–H groups in total. The number of amides is 3. The van der Waals surface area contributed by atoms with Crippen LogP contribution in [0.4, 0.5) is 27.5 Å². The second kappa shape index (κ2) is 12.1. The molecule has 0 aromatic heterocycles. The van der Waals surface area contributed by atoms with E-state index in [0.717, 1.165) is 29.8 Å². The molecule has 1 unspecified atom stereocenters. The fourth-order valence-electron chi connectivity index (χ4n) is 5.10. The van der Waals surface area contributed by atoms with Crippen molar-refractivity contribution in [1.29, 1.82) is 0 Å². The molecular formula is C31H32ClN5O4. The van der Waals surface area contributed by atoms with E-state index < -0.39 is 5.92 Å². The standard InChI is InChI=1S/C31H32ClN5O4/c1-20(38)36(16-4-15-35(2)3)24-12-8-23(9-13-24)33-29(28-26-14-7-22(32)19-27(26)34-30(28)39)21-5-10-25(11-6-21)37-17-18-41-31(37)40/h5-14,19,28H,4,15-18H2,1-3H3,(H,34,39). The molecule has 1 saturated heterocycles. The molecule has 5 rings (SSSR count). The third-order valence-electron chi connectivity index (χ3n) is 7.13. The number of benzene rings is 3. The van der Waals surface area contributed by atoms with Gasteiger partial charge in [0.2, 0.25) is 11.8 Å². The molecule has 2 aliphatic rings. The summed E-state index contributed by atoms with van der Waals surface area (Å²) in [5.74, 6) is -0.890. The molecule has 0 bridgehead atoms.